The quantitative estimate of drug-likeness (QED) is 0.406. The fraction of sp³-hybridized carbons (Fsp3) is 0.387. The van der Waals surface area contributed by atoms with Crippen LogP contribution in [0.3, 0.4) is 0 Å². The van der Waals surface area contributed by atoms with Crippen molar-refractivity contribution in [1.29, 1.82) is 0 Å². The van der Waals surface area contributed by atoms with E-state index in [4.69, 9.17) is 9.47 Å². The van der Waals surface area contributed by atoms with Gasteiger partial charge in [0.25, 0.3) is 5.91 Å². The van der Waals surface area contributed by atoms with E-state index < -0.39 is 17.6 Å². The van der Waals surface area contributed by atoms with Crippen LogP contribution in [0.15, 0.2) is 48.7 Å². The topological polar surface area (TPSA) is 92.8 Å². The highest BCUT2D eigenvalue weighted by molar-refractivity contribution is 5.95. The molecule has 7 rings (SSSR count). The largest absolute Gasteiger partial charge is 0.487 e. The van der Waals surface area contributed by atoms with Gasteiger partial charge in [0, 0.05) is 35.9 Å². The zero-order valence-corrected chi connectivity index (χ0v) is 22.7. The highest BCUT2D eigenvalue weighted by Crippen LogP contribution is 2.54. The Morgan fingerprint density at radius 3 is 2.74 bits per heavy atom. The summed E-state index contributed by atoms with van der Waals surface area (Å²) in [6, 6.07) is 10.7. The minimum atomic E-state index is -4.56. The van der Waals surface area contributed by atoms with E-state index in [0.717, 1.165) is 49.5 Å². The van der Waals surface area contributed by atoms with Gasteiger partial charge in [-0.2, -0.15) is 13.2 Å². The van der Waals surface area contributed by atoms with Crippen LogP contribution in [-0.2, 0) is 23.9 Å². The molecule has 2 fully saturated rings. The zero-order valence-electron chi connectivity index (χ0n) is 22.7. The van der Waals surface area contributed by atoms with Gasteiger partial charge in [0.2, 0.25) is 5.91 Å². The monoisotopic (exact) mass is 578 g/mol. The van der Waals surface area contributed by atoms with Crippen LogP contribution >= 0.6 is 0 Å². The second-order valence-corrected chi connectivity index (χ2v) is 11.3. The molecule has 11 heteroatoms. The van der Waals surface area contributed by atoms with E-state index in [2.05, 4.69) is 15.6 Å². The normalized spacial score (nSPS) is 22.7. The van der Waals surface area contributed by atoms with Gasteiger partial charge in [0.1, 0.15) is 29.2 Å². The van der Waals surface area contributed by atoms with Crippen molar-refractivity contribution in [2.45, 2.75) is 62.9 Å². The van der Waals surface area contributed by atoms with Gasteiger partial charge in [-0.3, -0.25) is 14.5 Å². The molecule has 3 aliphatic heterocycles. The van der Waals surface area contributed by atoms with Crippen molar-refractivity contribution < 1.29 is 32.2 Å². The number of fused-ring (bicyclic) bond motifs is 4. The van der Waals surface area contributed by atoms with Gasteiger partial charge < -0.3 is 20.1 Å². The second-order valence-electron chi connectivity index (χ2n) is 11.3. The number of aromatic nitrogens is 1. The third kappa shape index (κ3) is 5.06. The maximum atomic E-state index is 14.0. The molecule has 1 aromatic heterocycles. The van der Waals surface area contributed by atoms with Crippen LogP contribution in [0.25, 0.3) is 0 Å². The molecule has 2 aromatic carbocycles. The molecule has 1 aliphatic carbocycles. The van der Waals surface area contributed by atoms with E-state index in [1.165, 1.54) is 12.1 Å². The molecule has 218 valence electrons. The lowest BCUT2D eigenvalue weighted by molar-refractivity contribution is -0.138. The molecule has 3 atom stereocenters. The summed E-state index contributed by atoms with van der Waals surface area (Å²) in [5.74, 6) is 1.57. The first-order chi connectivity index (χ1) is 20.2. The van der Waals surface area contributed by atoms with E-state index in [0.29, 0.717) is 35.9 Å². The van der Waals surface area contributed by atoms with Gasteiger partial charge in [-0.05, 0) is 74.3 Å². The van der Waals surface area contributed by atoms with E-state index in [9.17, 15) is 22.8 Å². The number of pyridine rings is 1. The van der Waals surface area contributed by atoms with Crippen LogP contribution < -0.4 is 20.1 Å². The number of carbonyl (C=O) groups excluding carboxylic acids is 2. The van der Waals surface area contributed by atoms with Crippen molar-refractivity contribution in [3.8, 4) is 17.2 Å². The Kier molecular flexibility index (Phi) is 6.56. The van der Waals surface area contributed by atoms with Crippen molar-refractivity contribution in [2.75, 3.05) is 18.4 Å². The number of alkyl halides is 3. The summed E-state index contributed by atoms with van der Waals surface area (Å²) in [7, 11) is 0. The Hall–Kier alpha value is -4.12. The fourth-order valence-electron chi connectivity index (χ4n) is 6.27. The summed E-state index contributed by atoms with van der Waals surface area (Å²) in [5.41, 5.74) is 1.08. The first-order valence-corrected chi connectivity index (χ1v) is 14.2. The molecule has 2 amide bonds. The lowest BCUT2D eigenvalue weighted by Gasteiger charge is -2.27. The van der Waals surface area contributed by atoms with Crippen molar-refractivity contribution >= 4 is 17.6 Å². The third-order valence-corrected chi connectivity index (χ3v) is 8.48. The van der Waals surface area contributed by atoms with Crippen LogP contribution in [0.2, 0.25) is 0 Å². The van der Waals surface area contributed by atoms with Gasteiger partial charge >= 0.3 is 6.18 Å². The van der Waals surface area contributed by atoms with Crippen molar-refractivity contribution in [3.05, 3.63) is 76.5 Å². The summed E-state index contributed by atoms with van der Waals surface area (Å²) >= 11 is 0. The van der Waals surface area contributed by atoms with Crippen LogP contribution in [0.4, 0.5) is 19.0 Å². The van der Waals surface area contributed by atoms with Crippen molar-refractivity contribution in [1.82, 2.24) is 15.2 Å². The lowest BCUT2D eigenvalue weighted by Crippen LogP contribution is -2.31. The summed E-state index contributed by atoms with van der Waals surface area (Å²) in [4.78, 5) is 31.1. The maximum Gasteiger partial charge on any atom is 0.416 e. The first kappa shape index (κ1) is 26.8. The molecular formula is C31H29F3N4O4. The van der Waals surface area contributed by atoms with Gasteiger partial charge in [-0.1, -0.05) is 12.5 Å². The summed E-state index contributed by atoms with van der Waals surface area (Å²) in [6.45, 7) is 1.78. The smallest absolute Gasteiger partial charge is 0.416 e. The fourth-order valence-corrected chi connectivity index (χ4v) is 6.27. The second kappa shape index (κ2) is 10.3. The number of halogens is 3. The number of hydrogen-bond donors (Lipinski definition) is 2. The number of amides is 2. The average Bonchev–Trinajstić information content (AvgIpc) is 3.49. The van der Waals surface area contributed by atoms with E-state index in [-0.39, 0.29) is 41.6 Å². The Balaban J connectivity index is 1.05. The predicted molar refractivity (Wildman–Crippen MR) is 147 cm³/mol. The molecule has 8 nitrogen and oxygen atoms in total. The molecular weight excluding hydrogens is 549 g/mol. The predicted octanol–water partition coefficient (Wildman–Crippen LogP) is 5.42. The lowest BCUT2D eigenvalue weighted by atomic mass is 10.0. The van der Waals surface area contributed by atoms with Crippen LogP contribution in [0, 0.1) is 0 Å². The molecule has 3 unspecified atom stereocenters. The van der Waals surface area contributed by atoms with Crippen LogP contribution in [0.1, 0.15) is 64.2 Å². The minimum absolute atomic E-state index is 0.0263. The molecule has 0 spiro atoms. The SMILES string of the molecule is O=C1CCc2c(Oc3ccc4c(c3)C3C(NC(=O)c5ccc(CN6CCCCC6)c(C(F)(F)F)c5)C3O4)ccnc2N1. The number of rotatable bonds is 6. The van der Waals surface area contributed by atoms with E-state index in [1.54, 1.807) is 18.3 Å². The molecule has 0 radical (unpaired) electrons. The number of nitrogens with one attached hydrogen (secondary N) is 2. The molecule has 4 aliphatic rings. The molecule has 1 saturated heterocycles. The van der Waals surface area contributed by atoms with Crippen LogP contribution in [-0.4, -0.2) is 46.9 Å². The number of ether oxygens (including phenoxy) is 2. The first-order valence-electron chi connectivity index (χ1n) is 14.2. The van der Waals surface area contributed by atoms with Crippen molar-refractivity contribution in [2.24, 2.45) is 0 Å². The van der Waals surface area contributed by atoms with Gasteiger partial charge in [-0.25, -0.2) is 4.98 Å². The van der Waals surface area contributed by atoms with Gasteiger partial charge in [0.05, 0.1) is 17.5 Å². The molecule has 1 saturated carbocycles. The maximum absolute atomic E-state index is 14.0. The molecule has 42 heavy (non-hydrogen) atoms. The standard InChI is InChI=1S/C31H29F3N4O4/c32-31(33,34)22-14-17(4-5-18(22)16-38-12-2-1-3-13-38)30(40)37-27-26-21-15-19(6-8-23(21)42-28(26)27)41-24-10-11-35-29-20(24)7-9-25(39)36-29/h4-6,8,10-11,14-15,26-28H,1-3,7,9,12-13,16H2,(H,37,40)(H,35,36,39). The molecule has 4 heterocycles. The minimum Gasteiger partial charge on any atom is -0.487 e. The highest BCUT2D eigenvalue weighted by Gasteiger charge is 2.59. The van der Waals surface area contributed by atoms with Gasteiger partial charge in [0.15, 0.2) is 0 Å². The van der Waals surface area contributed by atoms with Crippen molar-refractivity contribution in [3.63, 3.8) is 0 Å². The number of nitrogens with zero attached hydrogens (tertiary/aromatic N) is 2. The molecule has 2 N–H and O–H groups in total. The number of benzene rings is 2. The van der Waals surface area contributed by atoms with Gasteiger partial charge in [-0.15, -0.1) is 0 Å². The van der Waals surface area contributed by atoms with E-state index in [1.807, 2.05) is 17.0 Å². The molecule has 3 aromatic rings. The molecule has 0 bridgehead atoms. The van der Waals surface area contributed by atoms with E-state index >= 15 is 0 Å². The third-order valence-electron chi connectivity index (χ3n) is 8.48. The highest BCUT2D eigenvalue weighted by atomic mass is 19.4. The summed E-state index contributed by atoms with van der Waals surface area (Å²) in [6.07, 6.45) is 0.657. The Labute approximate surface area is 240 Å². The van der Waals surface area contributed by atoms with Crippen LogP contribution in [0.5, 0.6) is 17.2 Å². The number of carbonyl (C=O) groups is 2. The Morgan fingerprint density at radius 1 is 1.10 bits per heavy atom. The number of hydrogen-bond acceptors (Lipinski definition) is 6. The number of likely N-dealkylation sites (tertiary alicyclic amines) is 1. The number of piperidine rings is 1. The Bertz CT molecular complexity index is 1570. The Morgan fingerprint density at radius 2 is 1.93 bits per heavy atom. The number of anilines is 1. The summed E-state index contributed by atoms with van der Waals surface area (Å²) in [5, 5.41) is 5.63. The zero-order chi connectivity index (χ0) is 29.0. The average molecular weight is 579 g/mol. The summed E-state index contributed by atoms with van der Waals surface area (Å²) < 4.78 is 54.1.